The molecule has 0 radical (unpaired) electrons. The van der Waals surface area contributed by atoms with E-state index in [1.54, 1.807) is 54.3 Å². The zero-order chi connectivity index (χ0) is 25.0. The molecule has 1 aliphatic heterocycles. The van der Waals surface area contributed by atoms with Crippen LogP contribution in [-0.2, 0) is 14.8 Å². The van der Waals surface area contributed by atoms with E-state index in [0.29, 0.717) is 53.9 Å². The molecule has 0 aromatic heterocycles. The number of para-hydroxylation sites is 1. The number of nitrogens with zero attached hydrogens (tertiary/aromatic N) is 2. The lowest BCUT2D eigenvalue weighted by atomic mass is 10.2. The first-order chi connectivity index (χ1) is 16.7. The van der Waals surface area contributed by atoms with Crippen molar-refractivity contribution >= 4 is 38.9 Å². The van der Waals surface area contributed by atoms with E-state index in [0.717, 1.165) is 0 Å². The molecule has 0 spiro atoms. The summed E-state index contributed by atoms with van der Waals surface area (Å²) < 4.78 is 47.6. The van der Waals surface area contributed by atoms with Gasteiger partial charge >= 0.3 is 0 Å². The van der Waals surface area contributed by atoms with Gasteiger partial charge in [0.2, 0.25) is 0 Å². The second-order valence-corrected chi connectivity index (χ2v) is 10.3. The minimum absolute atomic E-state index is 0.0768. The lowest BCUT2D eigenvalue weighted by Crippen LogP contribution is -2.50. The van der Waals surface area contributed by atoms with Crippen LogP contribution in [0.1, 0.15) is 5.56 Å². The fourth-order valence-electron chi connectivity index (χ4n) is 3.82. The molecule has 4 rings (SSSR count). The average Bonchev–Trinajstić information content (AvgIpc) is 2.85. The van der Waals surface area contributed by atoms with Crippen LogP contribution in [0.5, 0.6) is 5.75 Å². The molecule has 35 heavy (non-hydrogen) atoms. The summed E-state index contributed by atoms with van der Waals surface area (Å²) in [6, 6.07) is 17.4. The standard InChI is InChI=1S/C25H25ClFN3O4S/c1-18-16-21(35(32,33)28-20-8-6-19(26)7-9-20)10-11-24(18)34-17-25(31)30-14-12-29(13-15-30)23-5-3-2-4-22(23)27/h2-11,16,28H,12-15,17H2,1H3. The van der Waals surface area contributed by atoms with Gasteiger partial charge in [-0.2, -0.15) is 0 Å². The van der Waals surface area contributed by atoms with Gasteiger partial charge in [-0.3, -0.25) is 9.52 Å². The number of hydrogen-bond donors (Lipinski definition) is 1. The molecule has 1 N–H and O–H groups in total. The molecule has 1 fully saturated rings. The first-order valence-electron chi connectivity index (χ1n) is 11.0. The largest absolute Gasteiger partial charge is 0.483 e. The summed E-state index contributed by atoms with van der Waals surface area (Å²) >= 11 is 5.84. The van der Waals surface area contributed by atoms with Gasteiger partial charge in [-0.1, -0.05) is 23.7 Å². The zero-order valence-corrected chi connectivity index (χ0v) is 20.7. The van der Waals surface area contributed by atoms with Gasteiger partial charge in [-0.05, 0) is 67.1 Å². The van der Waals surface area contributed by atoms with Crippen LogP contribution in [0.4, 0.5) is 15.8 Å². The second kappa shape index (κ2) is 10.5. The number of rotatable bonds is 7. The van der Waals surface area contributed by atoms with Gasteiger partial charge in [0.1, 0.15) is 11.6 Å². The van der Waals surface area contributed by atoms with Crippen LogP contribution in [0.25, 0.3) is 0 Å². The minimum Gasteiger partial charge on any atom is -0.483 e. The van der Waals surface area contributed by atoms with E-state index in [1.807, 2.05) is 4.90 Å². The quantitative estimate of drug-likeness (QED) is 0.505. The normalized spacial score (nSPS) is 14.0. The van der Waals surface area contributed by atoms with Gasteiger partial charge in [-0.25, -0.2) is 12.8 Å². The number of ether oxygens (including phenoxy) is 1. The summed E-state index contributed by atoms with van der Waals surface area (Å²) in [5.74, 6) is -0.0348. The van der Waals surface area contributed by atoms with Crippen LogP contribution >= 0.6 is 11.6 Å². The number of halogens is 2. The van der Waals surface area contributed by atoms with Crippen molar-refractivity contribution in [1.29, 1.82) is 0 Å². The molecule has 3 aromatic rings. The van der Waals surface area contributed by atoms with Gasteiger partial charge in [0.05, 0.1) is 10.6 Å². The molecule has 0 unspecified atom stereocenters. The number of piperazine rings is 1. The van der Waals surface area contributed by atoms with Crippen molar-refractivity contribution in [3.63, 3.8) is 0 Å². The molecule has 1 heterocycles. The maximum Gasteiger partial charge on any atom is 0.261 e. The smallest absolute Gasteiger partial charge is 0.261 e. The van der Waals surface area contributed by atoms with Gasteiger partial charge in [0, 0.05) is 36.9 Å². The predicted molar refractivity (Wildman–Crippen MR) is 134 cm³/mol. The Balaban J connectivity index is 1.32. The number of carbonyl (C=O) groups excluding carboxylic acids is 1. The number of amides is 1. The average molecular weight is 518 g/mol. The van der Waals surface area contributed by atoms with E-state index >= 15 is 0 Å². The monoisotopic (exact) mass is 517 g/mol. The highest BCUT2D eigenvalue weighted by Crippen LogP contribution is 2.25. The number of sulfonamides is 1. The van der Waals surface area contributed by atoms with E-state index in [-0.39, 0.29) is 23.2 Å². The molecule has 1 amide bonds. The van der Waals surface area contributed by atoms with Gasteiger partial charge in [0.15, 0.2) is 6.61 Å². The highest BCUT2D eigenvalue weighted by molar-refractivity contribution is 7.92. The number of anilines is 2. The van der Waals surface area contributed by atoms with E-state index in [4.69, 9.17) is 16.3 Å². The maximum absolute atomic E-state index is 14.0. The number of hydrogen-bond acceptors (Lipinski definition) is 5. The van der Waals surface area contributed by atoms with Crippen LogP contribution in [0.2, 0.25) is 5.02 Å². The molecule has 3 aromatic carbocycles. The summed E-state index contributed by atoms with van der Waals surface area (Å²) in [5.41, 5.74) is 1.52. The summed E-state index contributed by atoms with van der Waals surface area (Å²) in [7, 11) is -3.80. The van der Waals surface area contributed by atoms with Gasteiger partial charge in [0.25, 0.3) is 15.9 Å². The predicted octanol–water partition coefficient (Wildman–Crippen LogP) is 4.32. The molecule has 0 atom stereocenters. The van der Waals surface area contributed by atoms with Crippen molar-refractivity contribution in [2.75, 3.05) is 42.4 Å². The molecule has 7 nitrogen and oxygen atoms in total. The molecule has 0 aliphatic carbocycles. The van der Waals surface area contributed by atoms with Crippen LogP contribution in [0.15, 0.2) is 71.6 Å². The van der Waals surface area contributed by atoms with Crippen LogP contribution in [0.3, 0.4) is 0 Å². The fraction of sp³-hybridized carbons (Fsp3) is 0.240. The molecule has 0 bridgehead atoms. The third-order valence-corrected chi connectivity index (χ3v) is 7.36. The molecule has 0 saturated carbocycles. The third-order valence-electron chi connectivity index (χ3n) is 5.73. The van der Waals surface area contributed by atoms with Crippen molar-refractivity contribution in [3.8, 4) is 5.75 Å². The Morgan fingerprint density at radius 2 is 1.71 bits per heavy atom. The fourth-order valence-corrected chi connectivity index (χ4v) is 5.09. The number of carbonyl (C=O) groups is 1. The maximum atomic E-state index is 14.0. The number of benzene rings is 3. The Morgan fingerprint density at radius 1 is 1.03 bits per heavy atom. The van der Waals surface area contributed by atoms with Crippen molar-refractivity contribution in [2.24, 2.45) is 0 Å². The van der Waals surface area contributed by atoms with E-state index in [1.165, 1.54) is 24.3 Å². The van der Waals surface area contributed by atoms with Crippen molar-refractivity contribution in [3.05, 3.63) is 83.1 Å². The molecule has 1 aliphatic rings. The van der Waals surface area contributed by atoms with Crippen molar-refractivity contribution < 1.29 is 22.3 Å². The topological polar surface area (TPSA) is 78.9 Å². The minimum atomic E-state index is -3.80. The van der Waals surface area contributed by atoms with Crippen molar-refractivity contribution in [2.45, 2.75) is 11.8 Å². The molecule has 1 saturated heterocycles. The first-order valence-corrected chi connectivity index (χ1v) is 12.9. The Labute approximate surface area is 209 Å². The highest BCUT2D eigenvalue weighted by Gasteiger charge is 2.23. The second-order valence-electron chi connectivity index (χ2n) is 8.15. The summed E-state index contributed by atoms with van der Waals surface area (Å²) in [6.07, 6.45) is 0. The van der Waals surface area contributed by atoms with Crippen molar-refractivity contribution in [1.82, 2.24) is 4.90 Å². The third kappa shape index (κ3) is 6.04. The van der Waals surface area contributed by atoms with E-state index in [2.05, 4.69) is 4.72 Å². The lowest BCUT2D eigenvalue weighted by Gasteiger charge is -2.36. The number of aryl methyl sites for hydroxylation is 1. The first kappa shape index (κ1) is 24.8. The molecule has 10 heteroatoms. The number of nitrogens with one attached hydrogen (secondary N) is 1. The zero-order valence-electron chi connectivity index (χ0n) is 19.1. The lowest BCUT2D eigenvalue weighted by molar-refractivity contribution is -0.133. The van der Waals surface area contributed by atoms with Crippen LogP contribution in [-0.4, -0.2) is 52.0 Å². The molecule has 184 valence electrons. The summed E-state index contributed by atoms with van der Waals surface area (Å²) in [5, 5.41) is 0.506. The highest BCUT2D eigenvalue weighted by atomic mass is 35.5. The summed E-state index contributed by atoms with van der Waals surface area (Å²) in [6.45, 7) is 3.52. The Hall–Kier alpha value is -3.30. The van der Waals surface area contributed by atoms with Gasteiger partial charge < -0.3 is 14.5 Å². The Morgan fingerprint density at radius 3 is 2.37 bits per heavy atom. The molecular formula is C25H25ClFN3O4S. The molecular weight excluding hydrogens is 493 g/mol. The SMILES string of the molecule is Cc1cc(S(=O)(=O)Nc2ccc(Cl)cc2)ccc1OCC(=O)N1CCN(c2ccccc2F)CC1. The van der Waals surface area contributed by atoms with Crippen LogP contribution in [0, 0.1) is 12.7 Å². The van der Waals surface area contributed by atoms with E-state index < -0.39 is 10.0 Å². The summed E-state index contributed by atoms with van der Waals surface area (Å²) in [4.78, 5) is 16.3. The Kier molecular flexibility index (Phi) is 7.47. The van der Waals surface area contributed by atoms with E-state index in [9.17, 15) is 17.6 Å². The van der Waals surface area contributed by atoms with Gasteiger partial charge in [-0.15, -0.1) is 0 Å². The Bertz CT molecular complexity index is 1310. The van der Waals surface area contributed by atoms with Crippen LogP contribution < -0.4 is 14.4 Å².